The van der Waals surface area contributed by atoms with Gasteiger partial charge < -0.3 is 10.1 Å². The highest BCUT2D eigenvalue weighted by Gasteiger charge is 2.21. The van der Waals surface area contributed by atoms with Crippen molar-refractivity contribution in [2.24, 2.45) is 5.41 Å². The van der Waals surface area contributed by atoms with E-state index in [0.29, 0.717) is 5.82 Å². The molecule has 0 saturated carbocycles. The second-order valence-corrected chi connectivity index (χ2v) is 5.44. The number of esters is 1. The average molecular weight is 251 g/mol. The molecular weight excluding hydrogens is 230 g/mol. The second kappa shape index (κ2) is 5.33. The molecule has 0 aliphatic carbocycles. The Morgan fingerprint density at radius 1 is 1.39 bits per heavy atom. The Morgan fingerprint density at radius 2 is 2.00 bits per heavy atom. The molecule has 0 amide bonds. The third kappa shape index (κ3) is 3.68. The van der Waals surface area contributed by atoms with Crippen molar-refractivity contribution < 1.29 is 9.53 Å². The van der Waals surface area contributed by atoms with Crippen molar-refractivity contribution in [2.45, 2.75) is 40.7 Å². The van der Waals surface area contributed by atoms with Crippen molar-refractivity contribution in [1.29, 1.82) is 0 Å². The molecule has 1 unspecified atom stereocenters. The smallest absolute Gasteiger partial charge is 0.376 e. The van der Waals surface area contributed by atoms with Crippen LogP contribution in [0.4, 0.5) is 5.82 Å². The summed E-state index contributed by atoms with van der Waals surface area (Å²) in [5.74, 6) is 0.205. The number of rotatable bonds is 3. The van der Waals surface area contributed by atoms with Crippen molar-refractivity contribution in [3.63, 3.8) is 0 Å². The molecule has 1 aromatic rings. The first kappa shape index (κ1) is 14.4. The second-order valence-electron chi connectivity index (χ2n) is 5.44. The Labute approximate surface area is 108 Å². The van der Waals surface area contributed by atoms with Crippen LogP contribution in [0.25, 0.3) is 0 Å². The van der Waals surface area contributed by atoms with E-state index in [9.17, 15) is 4.79 Å². The Bertz CT molecular complexity index is 438. The molecule has 1 heterocycles. The van der Waals surface area contributed by atoms with Crippen molar-refractivity contribution in [1.82, 2.24) is 9.97 Å². The Kier molecular flexibility index (Phi) is 4.27. The van der Waals surface area contributed by atoms with E-state index in [1.807, 2.05) is 13.0 Å². The van der Waals surface area contributed by atoms with E-state index < -0.39 is 5.97 Å². The lowest BCUT2D eigenvalue weighted by Gasteiger charge is -2.28. The topological polar surface area (TPSA) is 64.1 Å². The summed E-state index contributed by atoms with van der Waals surface area (Å²) >= 11 is 0. The van der Waals surface area contributed by atoms with Crippen molar-refractivity contribution >= 4 is 11.8 Å². The minimum absolute atomic E-state index is 0.0844. The molecule has 0 saturated heterocycles. The summed E-state index contributed by atoms with van der Waals surface area (Å²) in [6.07, 6.45) is 0. The van der Waals surface area contributed by atoms with Crippen LogP contribution >= 0.6 is 0 Å². The van der Waals surface area contributed by atoms with Crippen LogP contribution in [0.3, 0.4) is 0 Å². The molecule has 0 fully saturated rings. The Hall–Kier alpha value is -1.65. The maximum Gasteiger partial charge on any atom is 0.376 e. The van der Waals surface area contributed by atoms with Gasteiger partial charge in [0.2, 0.25) is 5.82 Å². The van der Waals surface area contributed by atoms with E-state index in [-0.39, 0.29) is 17.3 Å². The summed E-state index contributed by atoms with van der Waals surface area (Å²) in [7, 11) is 1.32. The SMILES string of the molecule is COC(=O)c1nc(C)cc(NC(C)C(C)(C)C)n1. The molecule has 1 aromatic heterocycles. The Morgan fingerprint density at radius 3 is 2.50 bits per heavy atom. The van der Waals surface area contributed by atoms with Gasteiger partial charge in [-0.2, -0.15) is 0 Å². The van der Waals surface area contributed by atoms with Crippen LogP contribution in [0, 0.1) is 12.3 Å². The zero-order valence-corrected chi connectivity index (χ0v) is 11.9. The van der Waals surface area contributed by atoms with Gasteiger partial charge in [0.25, 0.3) is 0 Å². The van der Waals surface area contributed by atoms with E-state index >= 15 is 0 Å². The van der Waals surface area contributed by atoms with Gasteiger partial charge in [0, 0.05) is 17.8 Å². The first-order valence-corrected chi connectivity index (χ1v) is 5.94. The van der Waals surface area contributed by atoms with Gasteiger partial charge in [-0.25, -0.2) is 14.8 Å². The van der Waals surface area contributed by atoms with Crippen LogP contribution < -0.4 is 5.32 Å². The number of anilines is 1. The fraction of sp³-hybridized carbons (Fsp3) is 0.615. The quantitative estimate of drug-likeness (QED) is 0.836. The zero-order valence-electron chi connectivity index (χ0n) is 11.9. The third-order valence-electron chi connectivity index (χ3n) is 2.89. The fourth-order valence-corrected chi connectivity index (χ4v) is 1.26. The number of carbonyl (C=O) groups excluding carboxylic acids is 1. The minimum Gasteiger partial charge on any atom is -0.463 e. The van der Waals surface area contributed by atoms with Crippen LogP contribution in [0.1, 0.15) is 44.0 Å². The molecule has 0 bridgehead atoms. The van der Waals surface area contributed by atoms with Crippen molar-refractivity contribution in [3.05, 3.63) is 17.6 Å². The number of nitrogens with zero attached hydrogens (tertiary/aromatic N) is 2. The van der Waals surface area contributed by atoms with Crippen molar-refractivity contribution in [2.75, 3.05) is 12.4 Å². The largest absolute Gasteiger partial charge is 0.463 e. The monoisotopic (exact) mass is 251 g/mol. The highest BCUT2D eigenvalue weighted by molar-refractivity contribution is 5.85. The molecule has 100 valence electrons. The summed E-state index contributed by atoms with van der Waals surface area (Å²) in [4.78, 5) is 19.6. The summed E-state index contributed by atoms with van der Waals surface area (Å²) in [5.41, 5.74) is 0.832. The molecule has 1 N–H and O–H groups in total. The first-order valence-electron chi connectivity index (χ1n) is 5.94. The minimum atomic E-state index is -0.523. The van der Waals surface area contributed by atoms with Gasteiger partial charge in [-0.15, -0.1) is 0 Å². The summed E-state index contributed by atoms with van der Waals surface area (Å²) in [6, 6.07) is 2.03. The number of ether oxygens (including phenoxy) is 1. The first-order chi connectivity index (χ1) is 8.24. The van der Waals surface area contributed by atoms with Crippen LogP contribution in [0.15, 0.2) is 6.07 Å². The number of aromatic nitrogens is 2. The molecular formula is C13H21N3O2. The maximum absolute atomic E-state index is 11.4. The van der Waals surface area contributed by atoms with Crippen LogP contribution in [-0.4, -0.2) is 29.1 Å². The van der Waals surface area contributed by atoms with Gasteiger partial charge in [-0.1, -0.05) is 20.8 Å². The molecule has 0 aliphatic heterocycles. The molecule has 5 heteroatoms. The van der Waals surface area contributed by atoms with E-state index in [1.54, 1.807) is 0 Å². The van der Waals surface area contributed by atoms with Crippen LogP contribution in [0.2, 0.25) is 0 Å². The number of hydrogen-bond acceptors (Lipinski definition) is 5. The third-order valence-corrected chi connectivity index (χ3v) is 2.89. The molecule has 0 spiro atoms. The summed E-state index contributed by atoms with van der Waals surface area (Å²) < 4.78 is 4.63. The molecule has 18 heavy (non-hydrogen) atoms. The van der Waals surface area contributed by atoms with Gasteiger partial charge in [0.05, 0.1) is 7.11 Å². The van der Waals surface area contributed by atoms with Gasteiger partial charge in [0.1, 0.15) is 5.82 Å². The van der Waals surface area contributed by atoms with Gasteiger partial charge in [-0.3, -0.25) is 0 Å². The maximum atomic E-state index is 11.4. The summed E-state index contributed by atoms with van der Waals surface area (Å²) in [6.45, 7) is 10.3. The predicted octanol–water partition coefficient (Wildman–Crippen LogP) is 2.42. The molecule has 0 aliphatic rings. The van der Waals surface area contributed by atoms with Crippen LogP contribution in [-0.2, 0) is 4.74 Å². The Balaban J connectivity index is 2.97. The molecule has 0 radical (unpaired) electrons. The molecule has 1 rings (SSSR count). The van der Waals surface area contributed by atoms with E-state index in [1.165, 1.54) is 7.11 Å². The lowest BCUT2D eigenvalue weighted by atomic mass is 9.88. The lowest BCUT2D eigenvalue weighted by molar-refractivity contribution is 0.0586. The number of hydrogen-bond donors (Lipinski definition) is 1. The summed E-state index contributed by atoms with van der Waals surface area (Å²) in [5, 5.41) is 3.28. The average Bonchev–Trinajstić information content (AvgIpc) is 2.25. The standard InChI is InChI=1S/C13H21N3O2/c1-8-7-10(15-9(2)13(3,4)5)16-11(14-8)12(17)18-6/h7,9H,1-6H3,(H,14,15,16). The normalized spacial score (nSPS) is 13.0. The number of nitrogens with one attached hydrogen (secondary N) is 1. The lowest BCUT2D eigenvalue weighted by Crippen LogP contribution is -2.31. The van der Waals surface area contributed by atoms with E-state index in [2.05, 4.69) is 47.7 Å². The molecule has 1 atom stereocenters. The zero-order chi connectivity index (χ0) is 13.9. The highest BCUT2D eigenvalue weighted by Crippen LogP contribution is 2.22. The molecule has 0 aromatic carbocycles. The van der Waals surface area contributed by atoms with E-state index in [0.717, 1.165) is 5.69 Å². The fourth-order valence-electron chi connectivity index (χ4n) is 1.26. The number of methoxy groups -OCH3 is 1. The van der Waals surface area contributed by atoms with Crippen molar-refractivity contribution in [3.8, 4) is 0 Å². The van der Waals surface area contributed by atoms with Gasteiger partial charge in [0.15, 0.2) is 0 Å². The molecule has 5 nitrogen and oxygen atoms in total. The van der Waals surface area contributed by atoms with Gasteiger partial charge in [-0.05, 0) is 19.3 Å². The van der Waals surface area contributed by atoms with Crippen LogP contribution in [0.5, 0.6) is 0 Å². The highest BCUT2D eigenvalue weighted by atomic mass is 16.5. The van der Waals surface area contributed by atoms with E-state index in [4.69, 9.17) is 0 Å². The predicted molar refractivity (Wildman–Crippen MR) is 70.6 cm³/mol. The number of aryl methyl sites for hydroxylation is 1. The number of carbonyl (C=O) groups is 1. The van der Waals surface area contributed by atoms with Gasteiger partial charge >= 0.3 is 5.97 Å².